The molecule has 0 aliphatic heterocycles. The molecule has 178 valence electrons. The quantitative estimate of drug-likeness (QED) is 0.576. The molecule has 4 fully saturated rings. The molecule has 10 atom stereocenters. The number of hydrogen-bond donors (Lipinski definition) is 3. The molecule has 4 aliphatic rings. The minimum atomic E-state index is -0.205. The third kappa shape index (κ3) is 4.09. The first-order chi connectivity index (χ1) is 14.6. The standard InChI is InChI=1S/C27H47NO3/c1-16(2)28-24(31)9-6-17(3)20-7-8-21-25-22(11-13-27(20,21)5)26(4)12-10-19(29)14-18(26)15-23(25)30/h16-23,25,29-30H,6-15H2,1-5H3,(H,28,31)/t17-,18?,19-,20?,21?,22?,23-,25?,26+,27-/m1/s1. The number of carbonyl (C=O) groups excluding carboxylic acids is 1. The number of rotatable bonds is 5. The predicted octanol–water partition coefficient (Wildman–Crippen LogP) is 4.92. The van der Waals surface area contributed by atoms with Crippen molar-refractivity contribution < 1.29 is 15.0 Å². The highest BCUT2D eigenvalue weighted by Crippen LogP contribution is 2.68. The lowest BCUT2D eigenvalue weighted by Crippen LogP contribution is -2.58. The first kappa shape index (κ1) is 23.5. The Labute approximate surface area is 190 Å². The Balaban J connectivity index is 1.47. The first-order valence-corrected chi connectivity index (χ1v) is 13.2. The Hall–Kier alpha value is -0.610. The van der Waals surface area contributed by atoms with E-state index in [2.05, 4.69) is 26.1 Å². The van der Waals surface area contributed by atoms with E-state index in [0.29, 0.717) is 52.8 Å². The Kier molecular flexibility index (Phi) is 6.55. The summed E-state index contributed by atoms with van der Waals surface area (Å²) in [6.45, 7) is 11.4. The van der Waals surface area contributed by atoms with Gasteiger partial charge in [-0.3, -0.25) is 4.79 Å². The molecule has 3 N–H and O–H groups in total. The second-order valence-electron chi connectivity index (χ2n) is 12.7. The van der Waals surface area contributed by atoms with Crippen molar-refractivity contribution in [1.29, 1.82) is 0 Å². The fraction of sp³-hybridized carbons (Fsp3) is 0.963. The van der Waals surface area contributed by atoms with Crippen LogP contribution in [-0.4, -0.2) is 34.4 Å². The molecule has 5 unspecified atom stereocenters. The van der Waals surface area contributed by atoms with Crippen LogP contribution in [0.2, 0.25) is 0 Å². The van der Waals surface area contributed by atoms with Crippen molar-refractivity contribution >= 4 is 5.91 Å². The molecule has 0 heterocycles. The molecule has 0 aromatic carbocycles. The van der Waals surface area contributed by atoms with Gasteiger partial charge in [-0.15, -0.1) is 0 Å². The highest BCUT2D eigenvalue weighted by molar-refractivity contribution is 5.76. The maximum absolute atomic E-state index is 12.2. The average Bonchev–Trinajstić information content (AvgIpc) is 3.04. The van der Waals surface area contributed by atoms with Gasteiger partial charge < -0.3 is 15.5 Å². The molecule has 4 rings (SSSR count). The van der Waals surface area contributed by atoms with Gasteiger partial charge in [0, 0.05) is 12.5 Å². The predicted molar refractivity (Wildman–Crippen MR) is 124 cm³/mol. The van der Waals surface area contributed by atoms with Crippen LogP contribution >= 0.6 is 0 Å². The van der Waals surface area contributed by atoms with Gasteiger partial charge in [0.05, 0.1) is 12.2 Å². The first-order valence-electron chi connectivity index (χ1n) is 13.2. The van der Waals surface area contributed by atoms with Crippen molar-refractivity contribution in [2.75, 3.05) is 0 Å². The molecular weight excluding hydrogens is 386 g/mol. The average molecular weight is 434 g/mol. The van der Waals surface area contributed by atoms with E-state index in [1.165, 1.54) is 25.7 Å². The van der Waals surface area contributed by atoms with Gasteiger partial charge in [-0.1, -0.05) is 20.8 Å². The molecule has 4 nitrogen and oxygen atoms in total. The number of fused-ring (bicyclic) bond motifs is 5. The van der Waals surface area contributed by atoms with E-state index in [9.17, 15) is 15.0 Å². The topological polar surface area (TPSA) is 69.6 Å². The van der Waals surface area contributed by atoms with E-state index >= 15 is 0 Å². The van der Waals surface area contributed by atoms with Crippen molar-refractivity contribution in [1.82, 2.24) is 5.32 Å². The summed E-state index contributed by atoms with van der Waals surface area (Å²) in [7, 11) is 0. The van der Waals surface area contributed by atoms with Gasteiger partial charge in [0.1, 0.15) is 0 Å². The Morgan fingerprint density at radius 1 is 0.968 bits per heavy atom. The second-order valence-corrected chi connectivity index (χ2v) is 12.7. The number of hydrogen-bond acceptors (Lipinski definition) is 3. The fourth-order valence-electron chi connectivity index (χ4n) is 9.13. The van der Waals surface area contributed by atoms with Crippen LogP contribution in [0.4, 0.5) is 0 Å². The molecule has 0 saturated heterocycles. The molecule has 4 saturated carbocycles. The second kappa shape index (κ2) is 8.63. The molecule has 0 spiro atoms. The summed E-state index contributed by atoms with van der Waals surface area (Å²) in [6.07, 6.45) is 10.1. The Morgan fingerprint density at radius 3 is 2.35 bits per heavy atom. The molecular formula is C27H47NO3. The van der Waals surface area contributed by atoms with E-state index in [4.69, 9.17) is 0 Å². The zero-order valence-electron chi connectivity index (χ0n) is 20.6. The summed E-state index contributed by atoms with van der Waals surface area (Å²) in [5.41, 5.74) is 0.594. The summed E-state index contributed by atoms with van der Waals surface area (Å²) < 4.78 is 0. The third-order valence-corrected chi connectivity index (χ3v) is 10.7. The molecule has 0 aromatic heterocycles. The van der Waals surface area contributed by atoms with Gasteiger partial charge in [-0.25, -0.2) is 0 Å². The van der Waals surface area contributed by atoms with Crippen LogP contribution < -0.4 is 5.32 Å². The Morgan fingerprint density at radius 2 is 1.65 bits per heavy atom. The minimum absolute atomic E-state index is 0.166. The van der Waals surface area contributed by atoms with Crippen molar-refractivity contribution in [3.8, 4) is 0 Å². The summed E-state index contributed by atoms with van der Waals surface area (Å²) in [5, 5.41) is 24.7. The van der Waals surface area contributed by atoms with Crippen LogP contribution in [0.15, 0.2) is 0 Å². The van der Waals surface area contributed by atoms with E-state index in [1.54, 1.807) is 0 Å². The maximum atomic E-state index is 12.2. The van der Waals surface area contributed by atoms with E-state index < -0.39 is 0 Å². The molecule has 4 aliphatic carbocycles. The zero-order valence-corrected chi connectivity index (χ0v) is 20.6. The summed E-state index contributed by atoms with van der Waals surface area (Å²) >= 11 is 0. The van der Waals surface area contributed by atoms with Crippen molar-refractivity contribution in [2.24, 2.45) is 46.3 Å². The van der Waals surface area contributed by atoms with Gasteiger partial charge in [0.25, 0.3) is 0 Å². The van der Waals surface area contributed by atoms with Gasteiger partial charge in [0.2, 0.25) is 5.91 Å². The number of nitrogens with one attached hydrogen (secondary N) is 1. The van der Waals surface area contributed by atoms with Crippen molar-refractivity contribution in [3.63, 3.8) is 0 Å². The maximum Gasteiger partial charge on any atom is 0.220 e. The monoisotopic (exact) mass is 433 g/mol. The lowest BCUT2D eigenvalue weighted by atomic mass is 9.43. The minimum Gasteiger partial charge on any atom is -0.393 e. The summed E-state index contributed by atoms with van der Waals surface area (Å²) in [5.74, 6) is 3.53. The van der Waals surface area contributed by atoms with Crippen LogP contribution in [0, 0.1) is 46.3 Å². The Bertz CT molecular complexity index is 665. The smallest absolute Gasteiger partial charge is 0.220 e. The highest BCUT2D eigenvalue weighted by atomic mass is 16.3. The third-order valence-electron chi connectivity index (χ3n) is 10.7. The van der Waals surface area contributed by atoms with E-state index in [0.717, 1.165) is 32.1 Å². The number of aliphatic hydroxyl groups is 2. The molecule has 0 radical (unpaired) electrons. The van der Waals surface area contributed by atoms with Gasteiger partial charge in [0.15, 0.2) is 0 Å². The normalized spacial score (nSPS) is 47.9. The van der Waals surface area contributed by atoms with Gasteiger partial charge in [-0.2, -0.15) is 0 Å². The van der Waals surface area contributed by atoms with Crippen LogP contribution in [0.1, 0.15) is 98.8 Å². The van der Waals surface area contributed by atoms with Gasteiger partial charge in [-0.05, 0) is 118 Å². The summed E-state index contributed by atoms with van der Waals surface area (Å²) in [6, 6.07) is 0.213. The largest absolute Gasteiger partial charge is 0.393 e. The number of amides is 1. The lowest BCUT2D eigenvalue weighted by Gasteiger charge is -2.62. The molecule has 4 heteroatoms. The van der Waals surface area contributed by atoms with Crippen LogP contribution in [0.3, 0.4) is 0 Å². The molecule has 0 aromatic rings. The van der Waals surface area contributed by atoms with Crippen molar-refractivity contribution in [3.05, 3.63) is 0 Å². The highest BCUT2D eigenvalue weighted by Gasteiger charge is 2.62. The number of aliphatic hydroxyl groups excluding tert-OH is 2. The molecule has 31 heavy (non-hydrogen) atoms. The van der Waals surface area contributed by atoms with Crippen molar-refractivity contribution in [2.45, 2.75) is 117 Å². The molecule has 1 amide bonds. The van der Waals surface area contributed by atoms with Gasteiger partial charge >= 0.3 is 0 Å². The fourth-order valence-corrected chi connectivity index (χ4v) is 9.13. The van der Waals surface area contributed by atoms with E-state index in [1.807, 2.05) is 13.8 Å². The number of carbonyl (C=O) groups is 1. The van der Waals surface area contributed by atoms with Crippen LogP contribution in [0.25, 0.3) is 0 Å². The lowest BCUT2D eigenvalue weighted by molar-refractivity contribution is -0.174. The van der Waals surface area contributed by atoms with E-state index in [-0.39, 0.29) is 24.2 Å². The van der Waals surface area contributed by atoms with Crippen LogP contribution in [0.5, 0.6) is 0 Å². The zero-order chi connectivity index (χ0) is 22.6. The SMILES string of the molecule is CC(C)NC(=O)CC[C@@H](C)C1CCC2C3C(CC[C@@]21C)[C@@]1(C)CC[C@@H](O)CC1C[C@H]3O. The molecule has 0 bridgehead atoms. The van der Waals surface area contributed by atoms with Crippen LogP contribution in [-0.2, 0) is 4.79 Å². The summed E-state index contributed by atoms with van der Waals surface area (Å²) in [4.78, 5) is 12.2.